The summed E-state index contributed by atoms with van der Waals surface area (Å²) in [5, 5.41) is 11.2. The van der Waals surface area contributed by atoms with E-state index in [9.17, 15) is 14.7 Å². The molecule has 1 unspecified atom stereocenters. The summed E-state index contributed by atoms with van der Waals surface area (Å²) in [6.07, 6.45) is 2.37. The third-order valence-electron chi connectivity index (χ3n) is 5.94. The molecular formula is C27H27NO5. The molecule has 4 rings (SSSR count). The maximum atomic E-state index is 13.2. The molecule has 0 aliphatic carbocycles. The molecule has 0 spiro atoms. The van der Waals surface area contributed by atoms with Gasteiger partial charge in [-0.05, 0) is 86.3 Å². The number of aryl methyl sites for hydroxylation is 3. The van der Waals surface area contributed by atoms with Crippen LogP contribution in [0, 0.1) is 20.8 Å². The molecule has 1 amide bonds. The fourth-order valence-corrected chi connectivity index (χ4v) is 4.02. The van der Waals surface area contributed by atoms with Gasteiger partial charge in [0.25, 0.3) is 11.7 Å². The number of Topliss-reactive ketones (excluding diaryl/α,β-unsaturated/α-hetero) is 1. The number of rotatable bonds is 6. The molecule has 1 atom stereocenters. The molecule has 1 aromatic heterocycles. The second-order valence-corrected chi connectivity index (χ2v) is 8.28. The molecule has 6 nitrogen and oxygen atoms in total. The van der Waals surface area contributed by atoms with Crippen LogP contribution in [0.15, 0.2) is 64.8 Å². The average Bonchev–Trinajstić information content (AvgIpc) is 3.41. The van der Waals surface area contributed by atoms with Crippen molar-refractivity contribution in [2.75, 3.05) is 11.5 Å². The molecular weight excluding hydrogens is 418 g/mol. The van der Waals surface area contributed by atoms with E-state index in [2.05, 4.69) is 0 Å². The van der Waals surface area contributed by atoms with Crippen LogP contribution >= 0.6 is 0 Å². The zero-order chi connectivity index (χ0) is 23.7. The minimum Gasteiger partial charge on any atom is -0.507 e. The first-order valence-electron chi connectivity index (χ1n) is 11.0. The quantitative estimate of drug-likeness (QED) is 0.303. The lowest BCUT2D eigenvalue weighted by atomic mass is 9.98. The second-order valence-electron chi connectivity index (χ2n) is 8.28. The molecule has 1 saturated heterocycles. The highest BCUT2D eigenvalue weighted by Gasteiger charge is 2.48. The predicted octanol–water partition coefficient (Wildman–Crippen LogP) is 5.62. The molecule has 2 heterocycles. The molecule has 1 aliphatic heterocycles. The van der Waals surface area contributed by atoms with E-state index in [1.165, 1.54) is 11.2 Å². The first kappa shape index (κ1) is 22.4. The maximum absolute atomic E-state index is 13.2. The smallest absolute Gasteiger partial charge is 0.300 e. The van der Waals surface area contributed by atoms with Crippen LogP contribution in [0.4, 0.5) is 5.69 Å². The number of carbonyl (C=O) groups excluding carboxylic acids is 2. The van der Waals surface area contributed by atoms with Gasteiger partial charge in [-0.15, -0.1) is 0 Å². The molecule has 1 fully saturated rings. The van der Waals surface area contributed by atoms with Gasteiger partial charge in [0.05, 0.1) is 18.4 Å². The number of hydrogen-bond acceptors (Lipinski definition) is 5. The predicted molar refractivity (Wildman–Crippen MR) is 126 cm³/mol. The Morgan fingerprint density at radius 3 is 2.45 bits per heavy atom. The van der Waals surface area contributed by atoms with E-state index < -0.39 is 17.7 Å². The topological polar surface area (TPSA) is 80.0 Å². The first-order chi connectivity index (χ1) is 15.8. The van der Waals surface area contributed by atoms with Crippen LogP contribution < -0.4 is 9.64 Å². The molecule has 3 aromatic rings. The third-order valence-corrected chi connectivity index (χ3v) is 5.94. The van der Waals surface area contributed by atoms with Crippen LogP contribution in [0.1, 0.15) is 47.4 Å². The van der Waals surface area contributed by atoms with E-state index in [-0.39, 0.29) is 11.3 Å². The van der Waals surface area contributed by atoms with E-state index in [1.807, 2.05) is 39.8 Å². The van der Waals surface area contributed by atoms with E-state index in [0.29, 0.717) is 29.4 Å². The number of benzene rings is 2. The van der Waals surface area contributed by atoms with Crippen molar-refractivity contribution >= 4 is 23.1 Å². The number of hydrogen-bond donors (Lipinski definition) is 1. The minimum atomic E-state index is -0.876. The summed E-state index contributed by atoms with van der Waals surface area (Å²) in [6.45, 7) is 8.42. The molecule has 2 aromatic carbocycles. The number of ketones is 1. The van der Waals surface area contributed by atoms with E-state index in [1.54, 1.807) is 36.4 Å². The van der Waals surface area contributed by atoms with Crippen molar-refractivity contribution in [2.45, 2.75) is 40.2 Å². The van der Waals surface area contributed by atoms with Gasteiger partial charge in [0.1, 0.15) is 23.3 Å². The number of amides is 1. The molecule has 0 bridgehead atoms. The Bertz CT molecular complexity index is 1240. The second kappa shape index (κ2) is 8.98. The van der Waals surface area contributed by atoms with Gasteiger partial charge in [0, 0.05) is 11.3 Å². The van der Waals surface area contributed by atoms with Crippen LogP contribution in [-0.2, 0) is 9.59 Å². The Morgan fingerprint density at radius 1 is 1.03 bits per heavy atom. The summed E-state index contributed by atoms with van der Waals surface area (Å²) in [4.78, 5) is 27.7. The normalized spacial score (nSPS) is 17.6. The first-order valence-corrected chi connectivity index (χ1v) is 11.0. The van der Waals surface area contributed by atoms with Gasteiger partial charge in [0.2, 0.25) is 0 Å². The van der Waals surface area contributed by atoms with Crippen molar-refractivity contribution in [3.8, 4) is 5.75 Å². The van der Waals surface area contributed by atoms with Crippen molar-refractivity contribution in [3.05, 3.63) is 88.4 Å². The lowest BCUT2D eigenvalue weighted by Gasteiger charge is -2.24. The fraction of sp³-hybridized carbons (Fsp3) is 0.259. The van der Waals surface area contributed by atoms with Gasteiger partial charge in [-0.3, -0.25) is 14.5 Å². The average molecular weight is 446 g/mol. The highest BCUT2D eigenvalue weighted by molar-refractivity contribution is 6.51. The zero-order valence-corrected chi connectivity index (χ0v) is 19.2. The maximum Gasteiger partial charge on any atom is 0.300 e. The number of aliphatic hydroxyl groups is 1. The van der Waals surface area contributed by atoms with Crippen LogP contribution in [0.2, 0.25) is 0 Å². The lowest BCUT2D eigenvalue weighted by Crippen LogP contribution is -2.29. The summed E-state index contributed by atoms with van der Waals surface area (Å²) in [7, 11) is 0. The third kappa shape index (κ3) is 4.04. The Labute approximate surface area is 193 Å². The van der Waals surface area contributed by atoms with Crippen LogP contribution in [-0.4, -0.2) is 23.4 Å². The lowest BCUT2D eigenvalue weighted by molar-refractivity contribution is -0.132. The molecule has 6 heteroatoms. The Kier molecular flexibility index (Phi) is 6.09. The van der Waals surface area contributed by atoms with Gasteiger partial charge >= 0.3 is 0 Å². The summed E-state index contributed by atoms with van der Waals surface area (Å²) < 4.78 is 11.3. The van der Waals surface area contributed by atoms with Gasteiger partial charge in [-0.2, -0.15) is 0 Å². The highest BCUT2D eigenvalue weighted by atomic mass is 16.5. The Balaban J connectivity index is 1.85. The number of carbonyl (C=O) groups is 2. The van der Waals surface area contributed by atoms with Gasteiger partial charge in [0.15, 0.2) is 0 Å². The number of anilines is 1. The standard InChI is InChI=1S/C27H27NO5/c1-5-12-32-21-11-9-19(14-18(21)4)25(29)23-24(22-7-6-13-33-22)28(27(31)26(23)30)20-10-8-16(2)17(3)15-20/h6-11,13-15,24,29H,5,12H2,1-4H3/b25-23-. The Morgan fingerprint density at radius 2 is 1.82 bits per heavy atom. The SMILES string of the molecule is CCCOc1ccc(/C(O)=C2/C(=O)C(=O)N(c3ccc(C)c(C)c3)C2c2ccco2)cc1C. The van der Waals surface area contributed by atoms with Crippen LogP contribution in [0.3, 0.4) is 0 Å². The van der Waals surface area contributed by atoms with Crippen molar-refractivity contribution in [1.29, 1.82) is 0 Å². The Hall–Kier alpha value is -3.80. The van der Waals surface area contributed by atoms with E-state index in [4.69, 9.17) is 9.15 Å². The van der Waals surface area contributed by atoms with Crippen molar-refractivity contribution < 1.29 is 23.8 Å². The van der Waals surface area contributed by atoms with Crippen molar-refractivity contribution in [1.82, 2.24) is 0 Å². The molecule has 0 saturated carbocycles. The number of nitrogens with zero attached hydrogens (tertiary/aromatic N) is 1. The summed E-state index contributed by atoms with van der Waals surface area (Å²) >= 11 is 0. The number of ether oxygens (including phenoxy) is 1. The van der Waals surface area contributed by atoms with E-state index in [0.717, 1.165) is 23.1 Å². The number of furan rings is 1. The minimum absolute atomic E-state index is 0.00481. The molecule has 0 radical (unpaired) electrons. The zero-order valence-electron chi connectivity index (χ0n) is 19.2. The summed E-state index contributed by atoms with van der Waals surface area (Å²) in [5.41, 5.74) is 3.89. The largest absolute Gasteiger partial charge is 0.507 e. The van der Waals surface area contributed by atoms with Gasteiger partial charge < -0.3 is 14.3 Å². The van der Waals surface area contributed by atoms with Gasteiger partial charge in [-0.1, -0.05) is 13.0 Å². The monoisotopic (exact) mass is 445 g/mol. The number of aliphatic hydroxyl groups excluding tert-OH is 1. The summed E-state index contributed by atoms with van der Waals surface area (Å²) in [6, 6.07) is 13.3. The molecule has 170 valence electrons. The van der Waals surface area contributed by atoms with Gasteiger partial charge in [-0.25, -0.2) is 0 Å². The van der Waals surface area contributed by atoms with Crippen molar-refractivity contribution in [3.63, 3.8) is 0 Å². The summed E-state index contributed by atoms with van der Waals surface area (Å²) in [5.74, 6) is -0.594. The van der Waals surface area contributed by atoms with Crippen LogP contribution in [0.25, 0.3) is 5.76 Å². The van der Waals surface area contributed by atoms with E-state index >= 15 is 0 Å². The molecule has 1 aliphatic rings. The van der Waals surface area contributed by atoms with Crippen molar-refractivity contribution in [2.24, 2.45) is 0 Å². The highest BCUT2D eigenvalue weighted by Crippen LogP contribution is 2.42. The fourth-order valence-electron chi connectivity index (χ4n) is 4.02. The molecule has 1 N–H and O–H groups in total. The molecule has 33 heavy (non-hydrogen) atoms. The van der Waals surface area contributed by atoms with Crippen LogP contribution in [0.5, 0.6) is 5.75 Å².